The number of hydrogen-bond acceptors (Lipinski definition) is 4. The average Bonchev–Trinajstić information content (AvgIpc) is 3.00. The first-order valence-corrected chi connectivity index (χ1v) is 10.8. The van der Waals surface area contributed by atoms with Gasteiger partial charge in [-0.3, -0.25) is 14.5 Å². The second-order valence-electron chi connectivity index (χ2n) is 8.49. The van der Waals surface area contributed by atoms with Gasteiger partial charge in [-0.2, -0.15) is 0 Å². The summed E-state index contributed by atoms with van der Waals surface area (Å²) in [7, 11) is 0. The number of piperidine rings is 1. The van der Waals surface area contributed by atoms with Crippen molar-refractivity contribution in [1.82, 2.24) is 10.2 Å². The van der Waals surface area contributed by atoms with Crippen LogP contribution in [0.2, 0.25) is 0 Å². The van der Waals surface area contributed by atoms with Crippen molar-refractivity contribution in [3.8, 4) is 0 Å². The van der Waals surface area contributed by atoms with Crippen LogP contribution in [0.25, 0.3) is 0 Å². The molecule has 3 N–H and O–H groups in total. The molecule has 6 nitrogen and oxygen atoms in total. The van der Waals surface area contributed by atoms with Gasteiger partial charge in [-0.15, -0.1) is 0 Å². The van der Waals surface area contributed by atoms with Gasteiger partial charge in [0.15, 0.2) is 0 Å². The van der Waals surface area contributed by atoms with Crippen molar-refractivity contribution in [3.05, 3.63) is 59.4 Å². The SMILES string of the molecule is CCNc1cc(F)cc2c1NC(=O)C2(C)N1CC[C@H](c2ccccc2)[C@@H](NC(C)=O)C1. The smallest absolute Gasteiger partial charge is 0.249 e. The maximum atomic E-state index is 14.5. The number of carbonyl (C=O) groups is 2. The van der Waals surface area contributed by atoms with Gasteiger partial charge in [0, 0.05) is 44.1 Å². The third kappa shape index (κ3) is 3.78. The summed E-state index contributed by atoms with van der Waals surface area (Å²) in [4.78, 5) is 27.2. The Morgan fingerprint density at radius 1 is 1.29 bits per heavy atom. The van der Waals surface area contributed by atoms with E-state index in [4.69, 9.17) is 0 Å². The number of likely N-dealkylation sites (tertiary alicyclic amines) is 1. The van der Waals surface area contributed by atoms with Crippen LogP contribution < -0.4 is 16.0 Å². The summed E-state index contributed by atoms with van der Waals surface area (Å²) in [6, 6.07) is 12.8. The van der Waals surface area contributed by atoms with Crippen LogP contribution in [-0.4, -0.2) is 42.4 Å². The maximum absolute atomic E-state index is 14.5. The van der Waals surface area contributed by atoms with Crippen LogP contribution in [0.4, 0.5) is 15.8 Å². The first-order valence-electron chi connectivity index (χ1n) is 10.8. The third-order valence-electron chi connectivity index (χ3n) is 6.54. The minimum absolute atomic E-state index is 0.102. The van der Waals surface area contributed by atoms with E-state index in [0.717, 1.165) is 6.42 Å². The fourth-order valence-electron chi connectivity index (χ4n) is 4.99. The Kier molecular flexibility index (Phi) is 5.71. The summed E-state index contributed by atoms with van der Waals surface area (Å²) in [6.45, 7) is 7.06. The second kappa shape index (κ2) is 8.30. The molecule has 2 aliphatic rings. The lowest BCUT2D eigenvalue weighted by Crippen LogP contribution is -2.58. The number of carbonyl (C=O) groups excluding carboxylic acids is 2. The molecule has 2 aliphatic heterocycles. The zero-order chi connectivity index (χ0) is 22.2. The number of halogens is 1. The number of hydrogen-bond donors (Lipinski definition) is 3. The lowest BCUT2D eigenvalue weighted by atomic mass is 9.81. The van der Waals surface area contributed by atoms with Gasteiger partial charge in [0.2, 0.25) is 11.8 Å². The number of nitrogens with one attached hydrogen (secondary N) is 3. The molecule has 2 aromatic carbocycles. The number of fused-ring (bicyclic) bond motifs is 1. The van der Waals surface area contributed by atoms with Crippen LogP contribution >= 0.6 is 0 Å². The molecule has 2 amide bonds. The van der Waals surface area contributed by atoms with E-state index in [1.54, 1.807) is 0 Å². The summed E-state index contributed by atoms with van der Waals surface area (Å²) in [5.41, 5.74) is 2.01. The van der Waals surface area contributed by atoms with Crippen molar-refractivity contribution in [2.45, 2.75) is 44.7 Å². The fourth-order valence-corrected chi connectivity index (χ4v) is 4.99. The summed E-state index contributed by atoms with van der Waals surface area (Å²) >= 11 is 0. The molecular formula is C24H29FN4O2. The lowest BCUT2D eigenvalue weighted by Gasteiger charge is -2.45. The Balaban J connectivity index is 1.69. The van der Waals surface area contributed by atoms with Crippen molar-refractivity contribution in [3.63, 3.8) is 0 Å². The highest BCUT2D eigenvalue weighted by Crippen LogP contribution is 2.46. The van der Waals surface area contributed by atoms with E-state index in [-0.39, 0.29) is 29.6 Å². The van der Waals surface area contributed by atoms with Crippen molar-refractivity contribution in [1.29, 1.82) is 0 Å². The molecule has 0 spiro atoms. The topological polar surface area (TPSA) is 73.5 Å². The predicted molar refractivity (Wildman–Crippen MR) is 120 cm³/mol. The second-order valence-corrected chi connectivity index (χ2v) is 8.49. The van der Waals surface area contributed by atoms with E-state index in [1.807, 2.05) is 32.0 Å². The predicted octanol–water partition coefficient (Wildman–Crippen LogP) is 3.42. The van der Waals surface area contributed by atoms with Gasteiger partial charge in [0.25, 0.3) is 0 Å². The Hall–Kier alpha value is -2.93. The van der Waals surface area contributed by atoms with E-state index in [1.165, 1.54) is 24.6 Å². The quantitative estimate of drug-likeness (QED) is 0.688. The van der Waals surface area contributed by atoms with Crippen molar-refractivity contribution in [2.75, 3.05) is 30.3 Å². The molecule has 1 fully saturated rings. The summed E-state index contributed by atoms with van der Waals surface area (Å²) < 4.78 is 14.5. The Morgan fingerprint density at radius 2 is 2.03 bits per heavy atom. The number of nitrogens with zero attached hydrogens (tertiary/aromatic N) is 1. The standard InChI is InChI=1S/C24H29FN4O2/c1-4-26-20-13-17(25)12-19-22(20)28-23(31)24(19,3)29-11-10-18(16-8-6-5-7-9-16)21(14-29)27-15(2)30/h5-9,12-13,18,21,26H,4,10-11,14H2,1-3H3,(H,27,30)(H,28,31)/t18-,21+,24?/m1/s1. The molecule has 3 atom stereocenters. The van der Waals surface area contributed by atoms with Crippen LogP contribution in [0, 0.1) is 5.82 Å². The Morgan fingerprint density at radius 3 is 2.71 bits per heavy atom. The van der Waals surface area contributed by atoms with Crippen molar-refractivity contribution >= 4 is 23.2 Å². The van der Waals surface area contributed by atoms with E-state index >= 15 is 0 Å². The van der Waals surface area contributed by atoms with E-state index in [0.29, 0.717) is 36.6 Å². The number of rotatable bonds is 5. The molecule has 1 saturated heterocycles. The van der Waals surface area contributed by atoms with Gasteiger partial charge < -0.3 is 16.0 Å². The Labute approximate surface area is 182 Å². The van der Waals surface area contributed by atoms with Crippen LogP contribution in [0.15, 0.2) is 42.5 Å². The van der Waals surface area contributed by atoms with Crippen molar-refractivity contribution in [2.24, 2.45) is 0 Å². The Bertz CT molecular complexity index is 997. The average molecular weight is 425 g/mol. The summed E-state index contributed by atoms with van der Waals surface area (Å²) in [5, 5.41) is 9.19. The van der Waals surface area contributed by atoms with Gasteiger partial charge in [-0.25, -0.2) is 4.39 Å². The highest BCUT2D eigenvalue weighted by atomic mass is 19.1. The van der Waals surface area contributed by atoms with Crippen molar-refractivity contribution < 1.29 is 14.0 Å². The molecule has 0 aliphatic carbocycles. The lowest BCUT2D eigenvalue weighted by molar-refractivity contribution is -0.128. The minimum atomic E-state index is -1.01. The molecule has 1 unspecified atom stereocenters. The molecule has 0 saturated carbocycles. The van der Waals surface area contributed by atoms with E-state index in [9.17, 15) is 14.0 Å². The normalized spacial score (nSPS) is 25.6. The number of amides is 2. The molecule has 4 rings (SSSR count). The third-order valence-corrected chi connectivity index (χ3v) is 6.54. The summed E-state index contributed by atoms with van der Waals surface area (Å²) in [5.74, 6) is -0.504. The van der Waals surface area contributed by atoms with Crippen LogP contribution in [0.3, 0.4) is 0 Å². The highest BCUT2D eigenvalue weighted by Gasteiger charge is 2.50. The fraction of sp³-hybridized carbons (Fsp3) is 0.417. The van der Waals surface area contributed by atoms with Gasteiger partial charge in [-0.05, 0) is 38.0 Å². The molecule has 7 heteroatoms. The van der Waals surface area contributed by atoms with Gasteiger partial charge in [0.05, 0.1) is 11.4 Å². The van der Waals surface area contributed by atoms with Gasteiger partial charge in [-0.1, -0.05) is 30.3 Å². The maximum Gasteiger partial charge on any atom is 0.249 e. The first kappa shape index (κ1) is 21.3. The molecular weight excluding hydrogens is 395 g/mol. The van der Waals surface area contributed by atoms with Crippen LogP contribution in [-0.2, 0) is 15.1 Å². The molecule has 0 radical (unpaired) electrons. The molecule has 2 aromatic rings. The zero-order valence-electron chi connectivity index (χ0n) is 18.2. The van der Waals surface area contributed by atoms with Gasteiger partial charge in [0.1, 0.15) is 11.4 Å². The number of benzene rings is 2. The largest absolute Gasteiger partial charge is 0.384 e. The monoisotopic (exact) mass is 424 g/mol. The summed E-state index contributed by atoms with van der Waals surface area (Å²) in [6.07, 6.45) is 0.780. The van der Waals surface area contributed by atoms with Crippen LogP contribution in [0.5, 0.6) is 0 Å². The first-order chi connectivity index (χ1) is 14.8. The van der Waals surface area contributed by atoms with E-state index in [2.05, 4.69) is 33.0 Å². The van der Waals surface area contributed by atoms with Gasteiger partial charge >= 0.3 is 0 Å². The molecule has 164 valence electrons. The zero-order valence-corrected chi connectivity index (χ0v) is 18.2. The molecule has 2 heterocycles. The van der Waals surface area contributed by atoms with Crippen LogP contribution in [0.1, 0.15) is 44.2 Å². The minimum Gasteiger partial charge on any atom is -0.384 e. The highest BCUT2D eigenvalue weighted by molar-refractivity contribution is 6.08. The molecule has 0 aromatic heterocycles. The molecule has 31 heavy (non-hydrogen) atoms. The van der Waals surface area contributed by atoms with E-state index < -0.39 is 5.54 Å². The number of anilines is 2. The molecule has 0 bridgehead atoms.